The first-order valence-electron chi connectivity index (χ1n) is 8.96. The summed E-state index contributed by atoms with van der Waals surface area (Å²) in [4.78, 5) is 17.0. The molecule has 1 saturated heterocycles. The SMILES string of the molecule is Cc1ccccc1N1CCN(CC(=O)Nc2cccc(S(C)(=O)=O)c2)CC1. The molecule has 1 aliphatic heterocycles. The van der Waals surface area contributed by atoms with Crippen molar-refractivity contribution in [2.75, 3.05) is 49.2 Å². The average molecular weight is 388 g/mol. The highest BCUT2D eigenvalue weighted by Crippen LogP contribution is 2.21. The van der Waals surface area contributed by atoms with E-state index in [-0.39, 0.29) is 10.8 Å². The molecule has 0 saturated carbocycles. The van der Waals surface area contributed by atoms with Crippen LogP contribution >= 0.6 is 0 Å². The number of piperazine rings is 1. The molecule has 1 fully saturated rings. The molecule has 2 aromatic rings. The summed E-state index contributed by atoms with van der Waals surface area (Å²) in [7, 11) is -3.29. The lowest BCUT2D eigenvalue weighted by molar-refractivity contribution is -0.117. The Hall–Kier alpha value is -2.38. The lowest BCUT2D eigenvalue weighted by Gasteiger charge is -2.36. The zero-order chi connectivity index (χ0) is 19.4. The van der Waals surface area contributed by atoms with Crippen molar-refractivity contribution >= 4 is 27.1 Å². The number of amides is 1. The molecule has 0 aliphatic carbocycles. The lowest BCUT2D eigenvalue weighted by Crippen LogP contribution is -2.48. The number of para-hydroxylation sites is 1. The second-order valence-electron chi connectivity index (χ2n) is 6.90. The Labute approximate surface area is 160 Å². The van der Waals surface area contributed by atoms with E-state index < -0.39 is 9.84 Å². The van der Waals surface area contributed by atoms with Crippen molar-refractivity contribution in [1.29, 1.82) is 0 Å². The molecule has 0 spiro atoms. The van der Waals surface area contributed by atoms with Crippen LogP contribution in [0.3, 0.4) is 0 Å². The van der Waals surface area contributed by atoms with Gasteiger partial charge in [-0.1, -0.05) is 24.3 Å². The molecule has 0 unspecified atom stereocenters. The first kappa shape index (κ1) is 19.4. The van der Waals surface area contributed by atoms with Crippen LogP contribution in [0.15, 0.2) is 53.4 Å². The zero-order valence-corrected chi connectivity index (χ0v) is 16.5. The quantitative estimate of drug-likeness (QED) is 0.851. The summed E-state index contributed by atoms with van der Waals surface area (Å²) in [6, 6.07) is 14.7. The fourth-order valence-corrected chi connectivity index (χ4v) is 3.94. The van der Waals surface area contributed by atoms with Crippen molar-refractivity contribution in [3.63, 3.8) is 0 Å². The van der Waals surface area contributed by atoms with Crippen LogP contribution in [0.25, 0.3) is 0 Å². The molecule has 1 N–H and O–H groups in total. The molecule has 0 atom stereocenters. The van der Waals surface area contributed by atoms with Crippen LogP contribution in [0.2, 0.25) is 0 Å². The number of aryl methyl sites for hydroxylation is 1. The van der Waals surface area contributed by atoms with Gasteiger partial charge in [-0.25, -0.2) is 8.42 Å². The Kier molecular flexibility index (Phi) is 5.82. The van der Waals surface area contributed by atoms with E-state index in [4.69, 9.17) is 0 Å². The van der Waals surface area contributed by atoms with E-state index in [1.165, 1.54) is 23.4 Å². The maximum atomic E-state index is 12.3. The molecule has 0 radical (unpaired) electrons. The summed E-state index contributed by atoms with van der Waals surface area (Å²) >= 11 is 0. The summed E-state index contributed by atoms with van der Waals surface area (Å²) in [6.45, 7) is 5.78. The number of carbonyl (C=O) groups is 1. The smallest absolute Gasteiger partial charge is 0.238 e. The third kappa shape index (κ3) is 5.08. The van der Waals surface area contributed by atoms with Gasteiger partial charge in [-0.3, -0.25) is 9.69 Å². The number of nitrogens with one attached hydrogen (secondary N) is 1. The first-order valence-corrected chi connectivity index (χ1v) is 10.8. The van der Waals surface area contributed by atoms with Gasteiger partial charge in [0.15, 0.2) is 9.84 Å². The lowest BCUT2D eigenvalue weighted by atomic mass is 10.1. The Morgan fingerprint density at radius 2 is 1.74 bits per heavy atom. The van der Waals surface area contributed by atoms with Crippen molar-refractivity contribution in [3.8, 4) is 0 Å². The summed E-state index contributed by atoms with van der Waals surface area (Å²) < 4.78 is 23.3. The van der Waals surface area contributed by atoms with Crippen LogP contribution in [0.5, 0.6) is 0 Å². The molecule has 2 aromatic carbocycles. The van der Waals surface area contributed by atoms with Crippen LogP contribution < -0.4 is 10.2 Å². The third-order valence-electron chi connectivity index (χ3n) is 4.74. The predicted octanol–water partition coefficient (Wildman–Crippen LogP) is 2.16. The highest BCUT2D eigenvalue weighted by molar-refractivity contribution is 7.90. The monoisotopic (exact) mass is 387 g/mol. The third-order valence-corrected chi connectivity index (χ3v) is 5.85. The molecule has 1 heterocycles. The number of rotatable bonds is 5. The summed E-state index contributed by atoms with van der Waals surface area (Å²) in [5.74, 6) is -0.134. The molecule has 27 heavy (non-hydrogen) atoms. The topological polar surface area (TPSA) is 69.7 Å². The van der Waals surface area contributed by atoms with Gasteiger partial charge in [0, 0.05) is 43.8 Å². The van der Waals surface area contributed by atoms with Crippen molar-refractivity contribution < 1.29 is 13.2 Å². The number of sulfone groups is 1. The van der Waals surface area contributed by atoms with Gasteiger partial charge < -0.3 is 10.2 Å². The fourth-order valence-electron chi connectivity index (χ4n) is 3.27. The van der Waals surface area contributed by atoms with E-state index in [1.807, 2.05) is 12.1 Å². The molecule has 1 amide bonds. The first-order chi connectivity index (χ1) is 12.8. The van der Waals surface area contributed by atoms with Gasteiger partial charge in [-0.05, 0) is 36.8 Å². The maximum absolute atomic E-state index is 12.3. The molecule has 6 nitrogen and oxygen atoms in total. The highest BCUT2D eigenvalue weighted by atomic mass is 32.2. The van der Waals surface area contributed by atoms with Crippen molar-refractivity contribution in [2.45, 2.75) is 11.8 Å². The van der Waals surface area contributed by atoms with Crippen molar-refractivity contribution in [3.05, 3.63) is 54.1 Å². The minimum Gasteiger partial charge on any atom is -0.369 e. The zero-order valence-electron chi connectivity index (χ0n) is 15.7. The number of anilines is 2. The van der Waals surface area contributed by atoms with E-state index in [0.29, 0.717) is 12.2 Å². The molecular weight excluding hydrogens is 362 g/mol. The van der Waals surface area contributed by atoms with Crippen LogP contribution in [0.4, 0.5) is 11.4 Å². The molecule has 3 rings (SSSR count). The largest absolute Gasteiger partial charge is 0.369 e. The molecule has 144 valence electrons. The van der Waals surface area contributed by atoms with Crippen molar-refractivity contribution in [1.82, 2.24) is 4.90 Å². The Morgan fingerprint density at radius 3 is 2.41 bits per heavy atom. The van der Waals surface area contributed by atoms with E-state index in [0.717, 1.165) is 32.4 Å². The minimum atomic E-state index is -3.29. The second-order valence-corrected chi connectivity index (χ2v) is 8.91. The number of carbonyl (C=O) groups excluding carboxylic acids is 1. The number of hydrogen-bond donors (Lipinski definition) is 1. The fraction of sp³-hybridized carbons (Fsp3) is 0.350. The summed E-state index contributed by atoms with van der Waals surface area (Å²) in [5.41, 5.74) is 3.01. The van der Waals surface area contributed by atoms with Gasteiger partial charge >= 0.3 is 0 Å². The van der Waals surface area contributed by atoms with Gasteiger partial charge in [0.25, 0.3) is 0 Å². The number of nitrogens with zero attached hydrogens (tertiary/aromatic N) is 2. The maximum Gasteiger partial charge on any atom is 0.238 e. The summed E-state index contributed by atoms with van der Waals surface area (Å²) in [6.07, 6.45) is 1.15. The van der Waals surface area contributed by atoms with E-state index in [9.17, 15) is 13.2 Å². The van der Waals surface area contributed by atoms with Gasteiger partial charge in [0.05, 0.1) is 11.4 Å². The molecule has 0 bridgehead atoms. The van der Waals surface area contributed by atoms with Gasteiger partial charge in [-0.2, -0.15) is 0 Å². The number of benzene rings is 2. The average Bonchev–Trinajstić information content (AvgIpc) is 2.62. The van der Waals surface area contributed by atoms with Crippen LogP contribution in [0, 0.1) is 6.92 Å². The molecule has 1 aliphatic rings. The van der Waals surface area contributed by atoms with E-state index in [1.54, 1.807) is 12.1 Å². The van der Waals surface area contributed by atoms with E-state index in [2.05, 4.69) is 34.2 Å². The van der Waals surface area contributed by atoms with Crippen molar-refractivity contribution in [2.24, 2.45) is 0 Å². The van der Waals surface area contributed by atoms with Crippen LogP contribution in [-0.4, -0.2) is 58.2 Å². The number of hydrogen-bond acceptors (Lipinski definition) is 5. The summed E-state index contributed by atoms with van der Waals surface area (Å²) in [5, 5.41) is 2.80. The standard InChI is InChI=1S/C20H25N3O3S/c1-16-6-3-4-9-19(16)23-12-10-22(11-13-23)15-20(24)21-17-7-5-8-18(14-17)27(2,25)26/h3-9,14H,10-13,15H2,1-2H3,(H,21,24). The van der Waals surface area contributed by atoms with Gasteiger partial charge in [0.2, 0.25) is 5.91 Å². The Bertz CT molecular complexity index is 920. The predicted molar refractivity (Wildman–Crippen MR) is 108 cm³/mol. The Balaban J connectivity index is 1.54. The molecule has 7 heteroatoms. The van der Waals surface area contributed by atoms with Gasteiger partial charge in [-0.15, -0.1) is 0 Å². The Morgan fingerprint density at radius 1 is 1.04 bits per heavy atom. The van der Waals surface area contributed by atoms with Gasteiger partial charge in [0.1, 0.15) is 0 Å². The molecule has 0 aromatic heterocycles. The van der Waals surface area contributed by atoms with E-state index >= 15 is 0 Å². The van der Waals surface area contributed by atoms with Crippen LogP contribution in [0.1, 0.15) is 5.56 Å². The molecular formula is C20H25N3O3S. The van der Waals surface area contributed by atoms with Crippen LogP contribution in [-0.2, 0) is 14.6 Å². The normalized spacial score (nSPS) is 15.6. The second kappa shape index (κ2) is 8.10. The highest BCUT2D eigenvalue weighted by Gasteiger charge is 2.20. The minimum absolute atomic E-state index is 0.134.